The average molecular weight is 292 g/mol. The molecule has 0 aliphatic carbocycles. The molecular formula is C17H21FO3. The molecule has 1 aromatic heterocycles. The first-order chi connectivity index (χ1) is 10.2. The Morgan fingerprint density at radius 2 is 1.95 bits per heavy atom. The third kappa shape index (κ3) is 3.63. The van der Waals surface area contributed by atoms with Crippen LogP contribution in [0.15, 0.2) is 27.4 Å². The molecule has 4 heteroatoms. The van der Waals surface area contributed by atoms with Gasteiger partial charge in [-0.25, -0.2) is 9.18 Å². The van der Waals surface area contributed by atoms with Crippen LogP contribution >= 0.6 is 0 Å². The molecule has 3 nitrogen and oxygen atoms in total. The van der Waals surface area contributed by atoms with Crippen LogP contribution < -0.4 is 10.4 Å². The van der Waals surface area contributed by atoms with Crippen LogP contribution in [0.25, 0.3) is 10.8 Å². The molecule has 0 aliphatic rings. The van der Waals surface area contributed by atoms with Crippen molar-refractivity contribution in [2.45, 2.75) is 46.0 Å². The monoisotopic (exact) mass is 292 g/mol. The Morgan fingerprint density at radius 1 is 1.19 bits per heavy atom. The molecule has 0 atom stereocenters. The fraction of sp³-hybridized carbons (Fsp3) is 0.471. The van der Waals surface area contributed by atoms with E-state index in [0.29, 0.717) is 24.2 Å². The first-order valence-electron chi connectivity index (χ1n) is 7.55. The molecule has 0 unspecified atom stereocenters. The number of hydrogen-bond donors (Lipinski definition) is 0. The van der Waals surface area contributed by atoms with Crippen molar-refractivity contribution in [3.8, 4) is 5.75 Å². The topological polar surface area (TPSA) is 39.4 Å². The van der Waals surface area contributed by atoms with Gasteiger partial charge in [-0.15, -0.1) is 0 Å². The quantitative estimate of drug-likeness (QED) is 0.708. The van der Waals surface area contributed by atoms with E-state index >= 15 is 0 Å². The van der Waals surface area contributed by atoms with Gasteiger partial charge in [-0.3, -0.25) is 0 Å². The second-order valence-electron chi connectivity index (χ2n) is 5.15. The molecule has 0 fully saturated rings. The predicted octanol–water partition coefficient (Wildman–Crippen LogP) is 4.45. The van der Waals surface area contributed by atoms with Gasteiger partial charge in [0.1, 0.15) is 11.1 Å². The van der Waals surface area contributed by atoms with E-state index in [0.717, 1.165) is 25.7 Å². The maximum absolute atomic E-state index is 14.4. The van der Waals surface area contributed by atoms with E-state index in [9.17, 15) is 9.18 Å². The normalized spacial score (nSPS) is 11.0. The Labute approximate surface area is 123 Å². The van der Waals surface area contributed by atoms with Crippen molar-refractivity contribution in [3.05, 3.63) is 40.2 Å². The van der Waals surface area contributed by atoms with E-state index in [1.165, 1.54) is 0 Å². The highest BCUT2D eigenvalue weighted by molar-refractivity contribution is 5.83. The van der Waals surface area contributed by atoms with Crippen LogP contribution in [0.3, 0.4) is 0 Å². The van der Waals surface area contributed by atoms with Gasteiger partial charge in [-0.05, 0) is 30.4 Å². The van der Waals surface area contributed by atoms with Gasteiger partial charge in [-0.1, -0.05) is 32.8 Å². The van der Waals surface area contributed by atoms with Gasteiger partial charge in [0.05, 0.1) is 6.61 Å². The number of benzene rings is 1. The summed E-state index contributed by atoms with van der Waals surface area (Å²) >= 11 is 0. The second kappa shape index (κ2) is 7.25. The van der Waals surface area contributed by atoms with Gasteiger partial charge in [0, 0.05) is 6.42 Å². The minimum atomic E-state index is -0.628. The van der Waals surface area contributed by atoms with Crippen molar-refractivity contribution in [1.29, 1.82) is 0 Å². The molecule has 0 N–H and O–H groups in total. The lowest BCUT2D eigenvalue weighted by molar-refractivity contribution is 0.295. The predicted molar refractivity (Wildman–Crippen MR) is 81.5 cm³/mol. The van der Waals surface area contributed by atoms with E-state index < -0.39 is 11.4 Å². The first-order valence-corrected chi connectivity index (χ1v) is 7.55. The molecule has 1 aromatic carbocycles. The Morgan fingerprint density at radius 3 is 2.67 bits per heavy atom. The highest BCUT2D eigenvalue weighted by Gasteiger charge is 2.14. The summed E-state index contributed by atoms with van der Waals surface area (Å²) in [7, 11) is 0. The summed E-state index contributed by atoms with van der Waals surface area (Å²) < 4.78 is 24.9. The molecule has 0 aliphatic heterocycles. The summed E-state index contributed by atoms with van der Waals surface area (Å²) in [5.74, 6) is 0.0948. The van der Waals surface area contributed by atoms with Crippen LogP contribution in [-0.4, -0.2) is 6.61 Å². The Kier molecular flexibility index (Phi) is 5.37. The molecule has 1 heterocycles. The zero-order chi connectivity index (χ0) is 15.2. The number of halogens is 1. The lowest BCUT2D eigenvalue weighted by Gasteiger charge is -2.08. The molecule has 0 amide bonds. The minimum Gasteiger partial charge on any atom is -0.490 e. The second-order valence-corrected chi connectivity index (χ2v) is 5.15. The smallest absolute Gasteiger partial charge is 0.346 e. The first kappa shape index (κ1) is 15.5. The van der Waals surface area contributed by atoms with Gasteiger partial charge in [0.15, 0.2) is 11.6 Å². The zero-order valence-electron chi connectivity index (χ0n) is 12.6. The van der Waals surface area contributed by atoms with E-state index in [4.69, 9.17) is 9.15 Å². The van der Waals surface area contributed by atoms with Crippen LogP contribution in [0.5, 0.6) is 5.75 Å². The highest BCUT2D eigenvalue weighted by Crippen LogP contribution is 2.25. The van der Waals surface area contributed by atoms with Crippen LogP contribution in [0.4, 0.5) is 4.39 Å². The Balaban J connectivity index is 2.36. The number of ether oxygens (including phenoxy) is 1. The molecule has 114 valence electrons. The summed E-state index contributed by atoms with van der Waals surface area (Å²) in [5, 5.41) is 0.543. The van der Waals surface area contributed by atoms with Crippen molar-refractivity contribution < 1.29 is 13.5 Å². The van der Waals surface area contributed by atoms with Gasteiger partial charge in [0.2, 0.25) is 0 Å². The summed E-state index contributed by atoms with van der Waals surface area (Å²) in [4.78, 5) is 12.0. The summed E-state index contributed by atoms with van der Waals surface area (Å²) in [6.45, 7) is 4.55. The van der Waals surface area contributed by atoms with Crippen LogP contribution in [0.1, 0.15) is 45.3 Å². The maximum atomic E-state index is 14.4. The summed E-state index contributed by atoms with van der Waals surface area (Å²) in [6.07, 6.45) is 4.47. The van der Waals surface area contributed by atoms with Crippen LogP contribution in [0.2, 0.25) is 0 Å². The molecule has 21 heavy (non-hydrogen) atoms. The molecule has 0 radical (unpaired) electrons. The van der Waals surface area contributed by atoms with Crippen molar-refractivity contribution in [1.82, 2.24) is 0 Å². The highest BCUT2D eigenvalue weighted by atomic mass is 19.1. The summed E-state index contributed by atoms with van der Waals surface area (Å²) in [5.41, 5.74) is -0.628. The van der Waals surface area contributed by atoms with E-state index in [2.05, 4.69) is 6.92 Å². The van der Waals surface area contributed by atoms with E-state index in [1.54, 1.807) is 18.2 Å². The fourth-order valence-electron chi connectivity index (χ4n) is 2.18. The molecule has 2 aromatic rings. The lowest BCUT2D eigenvalue weighted by atomic mass is 10.1. The average Bonchev–Trinajstić information content (AvgIpc) is 2.47. The molecule has 0 saturated heterocycles. The van der Waals surface area contributed by atoms with Crippen molar-refractivity contribution in [2.24, 2.45) is 0 Å². The van der Waals surface area contributed by atoms with E-state index in [1.807, 2.05) is 6.92 Å². The van der Waals surface area contributed by atoms with Gasteiger partial charge >= 0.3 is 5.63 Å². The lowest BCUT2D eigenvalue weighted by Crippen LogP contribution is -2.07. The standard InChI is InChI=1S/C17H21FO3/c1-3-5-7-13-11-12-8-9-14(20-10-6-4-2)16(18)15(12)17(19)21-13/h8-9,11H,3-7,10H2,1-2H3. The SMILES string of the molecule is CCCCOc1ccc2cc(CCCC)oc(=O)c2c1F. The number of rotatable bonds is 7. The van der Waals surface area contributed by atoms with Gasteiger partial charge in [0.25, 0.3) is 0 Å². The molecular weight excluding hydrogens is 271 g/mol. The molecule has 0 bridgehead atoms. The zero-order valence-corrected chi connectivity index (χ0v) is 12.6. The third-order valence-electron chi connectivity index (χ3n) is 3.42. The third-order valence-corrected chi connectivity index (χ3v) is 3.42. The largest absolute Gasteiger partial charge is 0.490 e. The van der Waals surface area contributed by atoms with Crippen LogP contribution in [-0.2, 0) is 6.42 Å². The molecule has 0 saturated carbocycles. The molecule has 2 rings (SSSR count). The van der Waals surface area contributed by atoms with Crippen LogP contribution in [0, 0.1) is 5.82 Å². The van der Waals surface area contributed by atoms with Crippen molar-refractivity contribution in [3.63, 3.8) is 0 Å². The number of hydrogen-bond acceptors (Lipinski definition) is 3. The minimum absolute atomic E-state index is 0.0238. The fourth-order valence-corrected chi connectivity index (χ4v) is 2.18. The van der Waals surface area contributed by atoms with Gasteiger partial charge in [-0.2, -0.15) is 0 Å². The Bertz CT molecular complexity index is 661. The number of unbranched alkanes of at least 4 members (excludes halogenated alkanes) is 2. The van der Waals surface area contributed by atoms with Gasteiger partial charge < -0.3 is 9.15 Å². The Hall–Kier alpha value is -1.84. The number of aryl methyl sites for hydroxylation is 1. The number of fused-ring (bicyclic) bond motifs is 1. The maximum Gasteiger partial charge on any atom is 0.346 e. The van der Waals surface area contributed by atoms with Crippen molar-refractivity contribution in [2.75, 3.05) is 6.61 Å². The summed E-state index contributed by atoms with van der Waals surface area (Å²) in [6, 6.07) is 5.04. The van der Waals surface area contributed by atoms with Crippen molar-refractivity contribution >= 4 is 10.8 Å². The molecule has 0 spiro atoms. The van der Waals surface area contributed by atoms with E-state index in [-0.39, 0.29) is 11.1 Å².